The summed E-state index contributed by atoms with van der Waals surface area (Å²) in [5, 5.41) is 3.48. The molecule has 0 aromatic heterocycles. The molecule has 0 spiro atoms. The summed E-state index contributed by atoms with van der Waals surface area (Å²) in [5.41, 5.74) is -0.361. The summed E-state index contributed by atoms with van der Waals surface area (Å²) in [6.07, 6.45) is 0.563. The van der Waals surface area contributed by atoms with E-state index < -0.39 is 0 Å². The Morgan fingerprint density at radius 1 is 1.19 bits per heavy atom. The van der Waals surface area contributed by atoms with Gasteiger partial charge in [0.05, 0.1) is 5.54 Å². The summed E-state index contributed by atoms with van der Waals surface area (Å²) in [6, 6.07) is 0. The molecule has 0 unspecified atom stereocenters. The van der Waals surface area contributed by atoms with E-state index in [2.05, 4.69) is 53.8 Å². The number of rotatable bonds is 0. The SMILES string of the molecule is CC1(C)CC(=O)N(C(C)(C)C)C(C)(C)CN1. The van der Waals surface area contributed by atoms with Gasteiger partial charge in [-0.3, -0.25) is 4.79 Å². The van der Waals surface area contributed by atoms with Gasteiger partial charge in [0.25, 0.3) is 0 Å². The third-order valence-corrected chi connectivity index (χ3v) is 3.12. The van der Waals surface area contributed by atoms with Crippen molar-refractivity contribution in [3.8, 4) is 0 Å². The number of carbonyl (C=O) groups is 1. The van der Waals surface area contributed by atoms with Gasteiger partial charge in [-0.25, -0.2) is 0 Å². The molecule has 0 atom stereocenters. The smallest absolute Gasteiger partial charge is 0.225 e. The van der Waals surface area contributed by atoms with Gasteiger partial charge in [0.15, 0.2) is 0 Å². The zero-order chi connectivity index (χ0) is 12.8. The standard InChI is InChI=1S/C13H26N2O/c1-11(2,3)15-10(16)8-12(4,5)14-9-13(15,6)7/h14H,8-9H2,1-7H3. The molecular formula is C13H26N2O. The molecule has 16 heavy (non-hydrogen) atoms. The molecule has 0 bridgehead atoms. The van der Waals surface area contributed by atoms with Crippen molar-refractivity contribution in [3.63, 3.8) is 0 Å². The van der Waals surface area contributed by atoms with E-state index in [1.54, 1.807) is 0 Å². The first-order chi connectivity index (χ1) is 6.96. The Bertz CT molecular complexity index is 287. The summed E-state index contributed by atoms with van der Waals surface area (Å²) in [5.74, 6) is 0.243. The Morgan fingerprint density at radius 2 is 1.69 bits per heavy atom. The number of nitrogens with one attached hydrogen (secondary N) is 1. The first-order valence-corrected chi connectivity index (χ1v) is 6.04. The van der Waals surface area contributed by atoms with Crippen LogP contribution >= 0.6 is 0 Å². The Kier molecular flexibility index (Phi) is 3.14. The normalized spacial score (nSPS) is 25.4. The second-order valence-electron chi connectivity index (χ2n) is 7.13. The van der Waals surface area contributed by atoms with E-state index in [1.165, 1.54) is 0 Å². The van der Waals surface area contributed by atoms with Gasteiger partial charge in [-0.1, -0.05) is 0 Å². The topological polar surface area (TPSA) is 32.3 Å². The van der Waals surface area contributed by atoms with Gasteiger partial charge in [-0.2, -0.15) is 0 Å². The van der Waals surface area contributed by atoms with Crippen molar-refractivity contribution in [2.75, 3.05) is 6.54 Å². The van der Waals surface area contributed by atoms with Gasteiger partial charge in [0.2, 0.25) is 5.91 Å². The molecule has 1 heterocycles. The first kappa shape index (κ1) is 13.5. The van der Waals surface area contributed by atoms with Crippen LogP contribution in [0.5, 0.6) is 0 Å². The predicted molar refractivity (Wildman–Crippen MR) is 67.4 cm³/mol. The van der Waals surface area contributed by atoms with E-state index in [1.807, 2.05) is 4.90 Å². The Morgan fingerprint density at radius 3 is 2.12 bits per heavy atom. The minimum atomic E-state index is -0.136. The highest BCUT2D eigenvalue weighted by Crippen LogP contribution is 2.30. The fourth-order valence-corrected chi connectivity index (χ4v) is 2.67. The van der Waals surface area contributed by atoms with Crippen molar-refractivity contribution in [1.82, 2.24) is 10.2 Å². The molecule has 94 valence electrons. The van der Waals surface area contributed by atoms with Gasteiger partial charge < -0.3 is 10.2 Å². The van der Waals surface area contributed by atoms with Crippen molar-refractivity contribution < 1.29 is 4.79 Å². The van der Waals surface area contributed by atoms with E-state index >= 15 is 0 Å². The zero-order valence-corrected chi connectivity index (χ0v) is 11.8. The summed E-state index contributed by atoms with van der Waals surface area (Å²) >= 11 is 0. The highest BCUT2D eigenvalue weighted by atomic mass is 16.2. The summed E-state index contributed by atoms with van der Waals surface area (Å²) < 4.78 is 0. The highest BCUT2D eigenvalue weighted by Gasteiger charge is 2.43. The van der Waals surface area contributed by atoms with Crippen LogP contribution in [0.4, 0.5) is 0 Å². The molecule has 1 rings (SSSR count). The molecule has 0 aliphatic carbocycles. The molecule has 1 fully saturated rings. The van der Waals surface area contributed by atoms with Crippen LogP contribution in [0, 0.1) is 0 Å². The van der Waals surface area contributed by atoms with Crippen molar-refractivity contribution in [1.29, 1.82) is 0 Å². The maximum Gasteiger partial charge on any atom is 0.225 e. The van der Waals surface area contributed by atoms with Crippen LogP contribution in [0.1, 0.15) is 54.9 Å². The lowest BCUT2D eigenvalue weighted by Crippen LogP contribution is -2.58. The average Bonchev–Trinajstić information content (AvgIpc) is 2.02. The van der Waals surface area contributed by atoms with Crippen molar-refractivity contribution >= 4 is 5.91 Å². The van der Waals surface area contributed by atoms with Crippen LogP contribution < -0.4 is 5.32 Å². The van der Waals surface area contributed by atoms with E-state index in [0.717, 1.165) is 6.54 Å². The molecule has 1 N–H and O–H groups in total. The lowest BCUT2D eigenvalue weighted by atomic mass is 9.94. The third-order valence-electron chi connectivity index (χ3n) is 3.12. The van der Waals surface area contributed by atoms with Crippen molar-refractivity contribution in [2.45, 2.75) is 71.5 Å². The molecule has 0 radical (unpaired) electrons. The minimum Gasteiger partial charge on any atom is -0.331 e. The monoisotopic (exact) mass is 226 g/mol. The zero-order valence-electron chi connectivity index (χ0n) is 11.8. The highest BCUT2D eigenvalue weighted by molar-refractivity contribution is 5.79. The van der Waals surface area contributed by atoms with Gasteiger partial charge in [-0.05, 0) is 48.5 Å². The summed E-state index contributed by atoms with van der Waals surface area (Å²) in [4.78, 5) is 14.4. The number of hydrogen-bond donors (Lipinski definition) is 1. The van der Waals surface area contributed by atoms with Crippen LogP contribution in [-0.2, 0) is 4.79 Å². The molecule has 0 saturated carbocycles. The number of hydrogen-bond acceptors (Lipinski definition) is 2. The fourth-order valence-electron chi connectivity index (χ4n) is 2.67. The Hall–Kier alpha value is -0.570. The molecular weight excluding hydrogens is 200 g/mol. The lowest BCUT2D eigenvalue weighted by molar-refractivity contribution is -0.142. The Labute approximate surface area is 99.6 Å². The van der Waals surface area contributed by atoms with Gasteiger partial charge in [0, 0.05) is 24.0 Å². The molecule has 3 nitrogen and oxygen atoms in total. The minimum absolute atomic E-state index is 0.103. The summed E-state index contributed by atoms with van der Waals surface area (Å²) in [7, 11) is 0. The van der Waals surface area contributed by atoms with Crippen LogP contribution in [0.3, 0.4) is 0 Å². The van der Waals surface area contributed by atoms with E-state index in [-0.39, 0.29) is 22.5 Å². The lowest BCUT2D eigenvalue weighted by Gasteiger charge is -2.46. The van der Waals surface area contributed by atoms with Crippen LogP contribution in [0.2, 0.25) is 0 Å². The maximum absolute atomic E-state index is 12.4. The molecule has 1 saturated heterocycles. The number of nitrogens with zero attached hydrogens (tertiary/aromatic N) is 1. The number of amides is 1. The molecule has 1 aliphatic rings. The first-order valence-electron chi connectivity index (χ1n) is 6.04. The average molecular weight is 226 g/mol. The fraction of sp³-hybridized carbons (Fsp3) is 0.923. The molecule has 0 aromatic rings. The molecule has 1 aliphatic heterocycles. The van der Waals surface area contributed by atoms with Gasteiger partial charge in [0.1, 0.15) is 0 Å². The predicted octanol–water partition coefficient (Wildman–Crippen LogP) is 2.16. The molecule has 1 amide bonds. The molecule has 3 heteroatoms. The van der Waals surface area contributed by atoms with Crippen molar-refractivity contribution in [2.24, 2.45) is 0 Å². The van der Waals surface area contributed by atoms with Crippen LogP contribution in [0.15, 0.2) is 0 Å². The largest absolute Gasteiger partial charge is 0.331 e. The molecule has 0 aromatic carbocycles. The van der Waals surface area contributed by atoms with E-state index in [0.29, 0.717) is 6.42 Å². The van der Waals surface area contributed by atoms with E-state index in [4.69, 9.17) is 0 Å². The van der Waals surface area contributed by atoms with Crippen LogP contribution in [0.25, 0.3) is 0 Å². The Balaban J connectivity index is 3.09. The second-order valence-corrected chi connectivity index (χ2v) is 7.13. The van der Waals surface area contributed by atoms with Gasteiger partial charge >= 0.3 is 0 Å². The summed E-state index contributed by atoms with van der Waals surface area (Å²) in [6.45, 7) is 15.6. The second kappa shape index (κ2) is 3.73. The maximum atomic E-state index is 12.4. The number of carbonyl (C=O) groups excluding carboxylic acids is 1. The van der Waals surface area contributed by atoms with E-state index in [9.17, 15) is 4.79 Å². The van der Waals surface area contributed by atoms with Crippen LogP contribution in [-0.4, -0.2) is 34.0 Å². The quantitative estimate of drug-likeness (QED) is 0.686. The van der Waals surface area contributed by atoms with Crippen molar-refractivity contribution in [3.05, 3.63) is 0 Å². The van der Waals surface area contributed by atoms with Gasteiger partial charge in [-0.15, -0.1) is 0 Å². The third kappa shape index (κ3) is 2.76.